The number of piperidine rings is 1. The molecule has 2 aromatic rings. The first kappa shape index (κ1) is 19.6. The summed E-state index contributed by atoms with van der Waals surface area (Å²) in [5, 5.41) is 14.1. The van der Waals surface area contributed by atoms with Crippen molar-refractivity contribution in [1.29, 1.82) is 0 Å². The van der Waals surface area contributed by atoms with Crippen LogP contribution in [0.2, 0.25) is 0 Å². The van der Waals surface area contributed by atoms with Crippen LogP contribution in [0.4, 0.5) is 0 Å². The number of hydrogen-bond donors (Lipinski definition) is 3. The zero-order valence-corrected chi connectivity index (χ0v) is 16.2. The molecule has 0 saturated carbocycles. The van der Waals surface area contributed by atoms with Crippen molar-refractivity contribution in [2.24, 2.45) is 0 Å². The van der Waals surface area contributed by atoms with E-state index < -0.39 is 5.60 Å². The number of carbonyl (C=O) groups excluding carboxylic acids is 1. The first-order chi connectivity index (χ1) is 13.0. The second kappa shape index (κ2) is 8.67. The fraction of sp³-hybridized carbons (Fsp3) is 0.524. The molecule has 1 amide bonds. The van der Waals surface area contributed by atoms with E-state index in [1.54, 1.807) is 17.3 Å². The van der Waals surface area contributed by atoms with Gasteiger partial charge in [-0.25, -0.2) is 4.98 Å². The molecule has 1 aliphatic heterocycles. The number of likely N-dealkylation sites (tertiary alicyclic amines) is 1. The molecule has 146 valence electrons. The van der Waals surface area contributed by atoms with Crippen LogP contribution in [0.5, 0.6) is 0 Å². The Morgan fingerprint density at radius 2 is 2.11 bits per heavy atom. The van der Waals surface area contributed by atoms with Gasteiger partial charge < -0.3 is 20.3 Å². The molecule has 1 aromatic carbocycles. The fourth-order valence-corrected chi connectivity index (χ4v) is 3.55. The topological polar surface area (TPSA) is 81.2 Å². The van der Waals surface area contributed by atoms with Gasteiger partial charge in [0.15, 0.2) is 5.60 Å². The SMILES string of the molecule is CC(C)c1ccc(CN2CCC[C@@](O)(CNCCc3ncc[nH]3)C2=O)cc1. The molecule has 1 aliphatic rings. The van der Waals surface area contributed by atoms with E-state index in [9.17, 15) is 9.90 Å². The molecule has 1 atom stereocenters. The standard InChI is InChI=1S/C21H30N4O2/c1-16(2)18-6-4-17(5-7-18)14-25-13-3-9-21(27,20(25)26)15-22-10-8-19-23-11-12-24-19/h4-7,11-12,16,22,27H,3,8-10,13-15H2,1-2H3,(H,23,24)/t21-/m1/s1. The lowest BCUT2D eigenvalue weighted by atomic mass is 9.91. The summed E-state index contributed by atoms with van der Waals surface area (Å²) in [6.45, 7) is 6.52. The Kier molecular flexibility index (Phi) is 6.29. The van der Waals surface area contributed by atoms with Crippen LogP contribution in [0.3, 0.4) is 0 Å². The summed E-state index contributed by atoms with van der Waals surface area (Å²) in [6, 6.07) is 8.41. The molecular weight excluding hydrogens is 340 g/mol. The maximum absolute atomic E-state index is 12.9. The van der Waals surface area contributed by atoms with Crippen molar-refractivity contribution in [3.8, 4) is 0 Å². The van der Waals surface area contributed by atoms with Crippen molar-refractivity contribution in [3.63, 3.8) is 0 Å². The Hall–Kier alpha value is -2.18. The summed E-state index contributed by atoms with van der Waals surface area (Å²) in [5.41, 5.74) is 1.07. The van der Waals surface area contributed by atoms with Crippen LogP contribution in [0.15, 0.2) is 36.7 Å². The highest BCUT2D eigenvalue weighted by atomic mass is 16.3. The minimum absolute atomic E-state index is 0.174. The minimum Gasteiger partial charge on any atom is -0.379 e. The minimum atomic E-state index is -1.32. The van der Waals surface area contributed by atoms with E-state index >= 15 is 0 Å². The molecule has 2 heterocycles. The molecule has 0 unspecified atom stereocenters. The largest absolute Gasteiger partial charge is 0.379 e. The average Bonchev–Trinajstić information content (AvgIpc) is 3.17. The van der Waals surface area contributed by atoms with Gasteiger partial charge in [-0.1, -0.05) is 38.1 Å². The van der Waals surface area contributed by atoms with Gasteiger partial charge in [0.25, 0.3) is 5.91 Å². The molecule has 3 N–H and O–H groups in total. The van der Waals surface area contributed by atoms with Crippen LogP contribution in [0.1, 0.15) is 49.6 Å². The Morgan fingerprint density at radius 1 is 1.33 bits per heavy atom. The van der Waals surface area contributed by atoms with E-state index in [4.69, 9.17) is 0 Å². The number of nitrogens with zero attached hydrogens (tertiary/aromatic N) is 2. The Labute approximate surface area is 161 Å². The van der Waals surface area contributed by atoms with Gasteiger partial charge in [0.1, 0.15) is 5.82 Å². The van der Waals surface area contributed by atoms with E-state index in [0.29, 0.717) is 32.0 Å². The van der Waals surface area contributed by atoms with E-state index in [2.05, 4.69) is 53.4 Å². The molecule has 3 rings (SSSR count). The van der Waals surface area contributed by atoms with Crippen LogP contribution < -0.4 is 5.32 Å². The van der Waals surface area contributed by atoms with Crippen molar-refractivity contribution in [2.75, 3.05) is 19.6 Å². The van der Waals surface area contributed by atoms with Gasteiger partial charge in [0.05, 0.1) is 0 Å². The van der Waals surface area contributed by atoms with Crippen molar-refractivity contribution >= 4 is 5.91 Å². The van der Waals surface area contributed by atoms with E-state index in [1.807, 2.05) is 0 Å². The molecule has 1 fully saturated rings. The first-order valence-electron chi connectivity index (χ1n) is 9.77. The third-order valence-corrected chi connectivity index (χ3v) is 5.23. The van der Waals surface area contributed by atoms with Gasteiger partial charge in [-0.2, -0.15) is 0 Å². The van der Waals surface area contributed by atoms with Crippen LogP contribution in [0, 0.1) is 0 Å². The Bertz CT molecular complexity index is 727. The number of hydrogen-bond acceptors (Lipinski definition) is 4. The van der Waals surface area contributed by atoms with Crippen LogP contribution in [-0.4, -0.2) is 51.1 Å². The van der Waals surface area contributed by atoms with E-state index in [1.165, 1.54) is 5.56 Å². The lowest BCUT2D eigenvalue weighted by Gasteiger charge is -2.38. The number of benzene rings is 1. The Balaban J connectivity index is 1.53. The normalized spacial score (nSPS) is 20.4. The lowest BCUT2D eigenvalue weighted by Crippen LogP contribution is -2.57. The highest BCUT2D eigenvalue weighted by Gasteiger charge is 2.41. The van der Waals surface area contributed by atoms with E-state index in [-0.39, 0.29) is 12.5 Å². The van der Waals surface area contributed by atoms with Gasteiger partial charge in [-0.3, -0.25) is 4.79 Å². The maximum atomic E-state index is 12.9. The van der Waals surface area contributed by atoms with Crippen LogP contribution in [-0.2, 0) is 17.8 Å². The number of carbonyl (C=O) groups is 1. The zero-order chi connectivity index (χ0) is 19.3. The monoisotopic (exact) mass is 370 g/mol. The number of imidazole rings is 1. The molecule has 0 aliphatic carbocycles. The molecule has 0 bridgehead atoms. The van der Waals surface area contributed by atoms with Gasteiger partial charge in [-0.15, -0.1) is 0 Å². The number of aromatic amines is 1. The number of H-pyrrole nitrogens is 1. The van der Waals surface area contributed by atoms with Crippen molar-refractivity contribution in [1.82, 2.24) is 20.2 Å². The fourth-order valence-electron chi connectivity index (χ4n) is 3.55. The van der Waals surface area contributed by atoms with Gasteiger partial charge in [-0.05, 0) is 29.9 Å². The van der Waals surface area contributed by atoms with Gasteiger partial charge in [0, 0.05) is 45.0 Å². The summed E-state index contributed by atoms with van der Waals surface area (Å²) in [5.74, 6) is 1.22. The van der Waals surface area contributed by atoms with Crippen molar-refractivity contribution in [2.45, 2.75) is 51.2 Å². The summed E-state index contributed by atoms with van der Waals surface area (Å²) in [7, 11) is 0. The number of aliphatic hydroxyl groups is 1. The first-order valence-corrected chi connectivity index (χ1v) is 9.77. The zero-order valence-electron chi connectivity index (χ0n) is 16.2. The predicted octanol–water partition coefficient (Wildman–Crippen LogP) is 2.22. The van der Waals surface area contributed by atoms with E-state index in [0.717, 1.165) is 24.2 Å². The third-order valence-electron chi connectivity index (χ3n) is 5.23. The molecular formula is C21H30N4O2. The smallest absolute Gasteiger partial charge is 0.256 e. The summed E-state index contributed by atoms with van der Waals surface area (Å²) < 4.78 is 0. The number of aromatic nitrogens is 2. The molecule has 1 aromatic heterocycles. The van der Waals surface area contributed by atoms with Gasteiger partial charge in [0.2, 0.25) is 0 Å². The second-order valence-corrected chi connectivity index (χ2v) is 7.72. The molecule has 27 heavy (non-hydrogen) atoms. The van der Waals surface area contributed by atoms with Gasteiger partial charge >= 0.3 is 0 Å². The molecule has 6 nitrogen and oxygen atoms in total. The maximum Gasteiger partial charge on any atom is 0.256 e. The number of amides is 1. The van der Waals surface area contributed by atoms with Crippen molar-refractivity contribution < 1.29 is 9.90 Å². The molecule has 6 heteroatoms. The highest BCUT2D eigenvalue weighted by molar-refractivity contribution is 5.86. The number of nitrogens with one attached hydrogen (secondary N) is 2. The average molecular weight is 370 g/mol. The molecule has 1 saturated heterocycles. The van der Waals surface area contributed by atoms with Crippen LogP contribution >= 0.6 is 0 Å². The lowest BCUT2D eigenvalue weighted by molar-refractivity contribution is -0.157. The third kappa shape index (κ3) is 4.96. The summed E-state index contributed by atoms with van der Waals surface area (Å²) in [6.07, 6.45) is 5.57. The molecule has 0 spiro atoms. The second-order valence-electron chi connectivity index (χ2n) is 7.72. The Morgan fingerprint density at radius 3 is 2.78 bits per heavy atom. The van der Waals surface area contributed by atoms with Crippen LogP contribution in [0.25, 0.3) is 0 Å². The summed E-state index contributed by atoms with van der Waals surface area (Å²) >= 11 is 0. The quantitative estimate of drug-likeness (QED) is 0.623. The predicted molar refractivity (Wildman–Crippen MR) is 105 cm³/mol. The highest BCUT2D eigenvalue weighted by Crippen LogP contribution is 2.24. The van der Waals surface area contributed by atoms with Crippen molar-refractivity contribution in [3.05, 3.63) is 53.6 Å². The summed E-state index contributed by atoms with van der Waals surface area (Å²) in [4.78, 5) is 21.9. The molecule has 0 radical (unpaired) electrons. The number of rotatable bonds is 8.